The van der Waals surface area contributed by atoms with Crippen LogP contribution in [-0.4, -0.2) is 67.2 Å². The number of amides is 1. The van der Waals surface area contributed by atoms with Crippen LogP contribution < -0.4 is 16.0 Å². The molecule has 0 unspecified atom stereocenters. The summed E-state index contributed by atoms with van der Waals surface area (Å²) in [6.45, 7) is 9.55. The van der Waals surface area contributed by atoms with Crippen molar-refractivity contribution < 1.29 is 9.90 Å². The molecule has 7 heteroatoms. The number of hydrogen-bond acceptors (Lipinski definition) is 4. The summed E-state index contributed by atoms with van der Waals surface area (Å²) in [4.78, 5) is 19.2. The van der Waals surface area contributed by atoms with E-state index in [1.807, 2.05) is 0 Å². The van der Waals surface area contributed by atoms with Crippen molar-refractivity contribution in [2.45, 2.75) is 45.6 Å². The predicted octanol–water partition coefficient (Wildman–Crippen LogP) is 1.94. The Morgan fingerprint density at radius 3 is 2.54 bits per heavy atom. The van der Waals surface area contributed by atoms with Gasteiger partial charge >= 0.3 is 0 Å². The molecule has 0 radical (unpaired) electrons. The van der Waals surface area contributed by atoms with Crippen LogP contribution in [0.4, 0.5) is 0 Å². The molecule has 4 N–H and O–H groups in total. The highest BCUT2D eigenvalue weighted by molar-refractivity contribution is 5.94. The SMILES string of the molecule is CCCCN1CCC(NC(=NCCNC(=O)c2ccc(O)cc2)NCC)CC1. The number of nitrogens with zero attached hydrogens (tertiary/aromatic N) is 2. The first-order valence-electron chi connectivity index (χ1n) is 10.5. The number of aliphatic imine (C=N–C) groups is 1. The topological polar surface area (TPSA) is 89.0 Å². The van der Waals surface area contributed by atoms with E-state index in [1.54, 1.807) is 12.1 Å². The van der Waals surface area contributed by atoms with E-state index in [2.05, 4.69) is 39.7 Å². The third-order valence-corrected chi connectivity index (χ3v) is 4.90. The third-order valence-electron chi connectivity index (χ3n) is 4.90. The largest absolute Gasteiger partial charge is 0.508 e. The van der Waals surface area contributed by atoms with Gasteiger partial charge in [0.2, 0.25) is 0 Å². The highest BCUT2D eigenvalue weighted by Crippen LogP contribution is 2.11. The minimum Gasteiger partial charge on any atom is -0.508 e. The molecule has 2 rings (SSSR count). The van der Waals surface area contributed by atoms with Crippen LogP contribution in [0.5, 0.6) is 5.75 Å². The fourth-order valence-electron chi connectivity index (χ4n) is 3.25. The summed E-state index contributed by atoms with van der Waals surface area (Å²) in [5.41, 5.74) is 0.529. The predicted molar refractivity (Wildman–Crippen MR) is 114 cm³/mol. The van der Waals surface area contributed by atoms with Crippen molar-refractivity contribution in [3.05, 3.63) is 29.8 Å². The number of carbonyl (C=O) groups is 1. The van der Waals surface area contributed by atoms with Crippen molar-refractivity contribution in [2.75, 3.05) is 39.3 Å². The Bertz CT molecular complexity index is 610. The van der Waals surface area contributed by atoms with Crippen molar-refractivity contribution in [3.63, 3.8) is 0 Å². The quantitative estimate of drug-likeness (QED) is 0.294. The maximum Gasteiger partial charge on any atom is 0.251 e. The van der Waals surface area contributed by atoms with Crippen molar-refractivity contribution >= 4 is 11.9 Å². The number of phenols is 1. The summed E-state index contributed by atoms with van der Waals surface area (Å²) in [5, 5.41) is 19.0. The molecule has 156 valence electrons. The van der Waals surface area contributed by atoms with Gasteiger partial charge in [-0.15, -0.1) is 0 Å². The summed E-state index contributed by atoms with van der Waals surface area (Å²) in [5.74, 6) is 0.805. The molecule has 1 heterocycles. The summed E-state index contributed by atoms with van der Waals surface area (Å²) < 4.78 is 0. The number of aromatic hydroxyl groups is 1. The van der Waals surface area contributed by atoms with E-state index in [0.717, 1.165) is 38.4 Å². The lowest BCUT2D eigenvalue weighted by Crippen LogP contribution is -2.49. The highest BCUT2D eigenvalue weighted by atomic mass is 16.3. The van der Waals surface area contributed by atoms with Crippen LogP contribution in [-0.2, 0) is 0 Å². The molecule has 1 amide bonds. The van der Waals surface area contributed by atoms with Crippen molar-refractivity contribution in [1.29, 1.82) is 0 Å². The zero-order valence-corrected chi connectivity index (χ0v) is 17.2. The van der Waals surface area contributed by atoms with Gasteiger partial charge in [-0.2, -0.15) is 0 Å². The molecule has 1 aromatic rings. The number of phenolic OH excluding ortho intramolecular Hbond substituents is 1. The number of hydrogen-bond donors (Lipinski definition) is 4. The van der Waals surface area contributed by atoms with Gasteiger partial charge in [-0.25, -0.2) is 0 Å². The molecule has 0 aliphatic carbocycles. The van der Waals surface area contributed by atoms with Crippen molar-refractivity contribution in [3.8, 4) is 5.75 Å². The number of benzene rings is 1. The molecule has 0 saturated carbocycles. The van der Waals surface area contributed by atoms with Gasteiger partial charge in [0.05, 0.1) is 6.54 Å². The molecule has 0 spiro atoms. The average molecular weight is 390 g/mol. The maximum absolute atomic E-state index is 12.1. The van der Waals surface area contributed by atoms with E-state index in [9.17, 15) is 9.90 Å². The van der Waals surface area contributed by atoms with Gasteiger partial charge in [0, 0.05) is 37.8 Å². The van der Waals surface area contributed by atoms with Gasteiger partial charge < -0.3 is 26.0 Å². The second kappa shape index (κ2) is 12.2. The van der Waals surface area contributed by atoms with Crippen molar-refractivity contribution in [1.82, 2.24) is 20.9 Å². The van der Waals surface area contributed by atoms with Crippen LogP contribution in [0.2, 0.25) is 0 Å². The Morgan fingerprint density at radius 2 is 1.89 bits per heavy atom. The van der Waals surface area contributed by atoms with Crippen LogP contribution in [0, 0.1) is 0 Å². The lowest BCUT2D eigenvalue weighted by Gasteiger charge is -2.33. The number of unbranched alkanes of at least 4 members (excludes halogenated alkanes) is 1. The third kappa shape index (κ3) is 7.76. The molecular weight excluding hydrogens is 354 g/mol. The second-order valence-electron chi connectivity index (χ2n) is 7.18. The number of piperidine rings is 1. The van der Waals surface area contributed by atoms with Gasteiger partial charge in [0.25, 0.3) is 5.91 Å². The zero-order chi connectivity index (χ0) is 20.2. The summed E-state index contributed by atoms with van der Waals surface area (Å²) in [6.07, 6.45) is 4.79. The molecule has 7 nitrogen and oxygen atoms in total. The molecule has 0 bridgehead atoms. The van der Waals surface area contributed by atoms with Crippen LogP contribution in [0.15, 0.2) is 29.3 Å². The fourth-order valence-corrected chi connectivity index (χ4v) is 3.25. The Kier molecular flexibility index (Phi) is 9.62. The zero-order valence-electron chi connectivity index (χ0n) is 17.2. The van der Waals surface area contributed by atoms with Crippen LogP contribution in [0.25, 0.3) is 0 Å². The first-order valence-corrected chi connectivity index (χ1v) is 10.5. The molecule has 1 aromatic carbocycles. The van der Waals surface area contributed by atoms with Gasteiger partial charge in [-0.05, 0) is 57.0 Å². The maximum atomic E-state index is 12.1. The molecule has 1 aliphatic heterocycles. The monoisotopic (exact) mass is 389 g/mol. The lowest BCUT2D eigenvalue weighted by molar-refractivity contribution is 0.0955. The fraction of sp³-hybridized carbons (Fsp3) is 0.619. The average Bonchev–Trinajstić information content (AvgIpc) is 2.71. The van der Waals surface area contributed by atoms with Gasteiger partial charge in [0.1, 0.15) is 5.75 Å². The highest BCUT2D eigenvalue weighted by Gasteiger charge is 2.19. The molecule has 1 fully saturated rings. The van der Waals surface area contributed by atoms with Crippen LogP contribution in [0.3, 0.4) is 0 Å². The van der Waals surface area contributed by atoms with E-state index < -0.39 is 0 Å². The minimum absolute atomic E-state index is 0.152. The standard InChI is InChI=1S/C21H35N5O2/c1-3-5-14-26-15-10-18(11-16-26)25-21(22-4-2)24-13-12-23-20(28)17-6-8-19(27)9-7-17/h6-9,18,27H,3-5,10-16H2,1-2H3,(H,23,28)(H2,22,24,25). The molecule has 0 atom stereocenters. The Morgan fingerprint density at radius 1 is 1.18 bits per heavy atom. The van der Waals surface area contributed by atoms with E-state index in [1.165, 1.54) is 31.5 Å². The first-order chi connectivity index (χ1) is 13.6. The number of rotatable bonds is 9. The number of nitrogens with one attached hydrogen (secondary N) is 3. The Hall–Kier alpha value is -2.28. The number of guanidine groups is 1. The second-order valence-corrected chi connectivity index (χ2v) is 7.18. The first kappa shape index (κ1) is 22.0. The molecular formula is C21H35N5O2. The van der Waals surface area contributed by atoms with Gasteiger partial charge in [0.15, 0.2) is 5.96 Å². The Labute approximate surface area is 168 Å². The van der Waals surface area contributed by atoms with E-state index in [-0.39, 0.29) is 11.7 Å². The molecule has 1 aliphatic rings. The van der Waals surface area contributed by atoms with Gasteiger partial charge in [-0.1, -0.05) is 13.3 Å². The summed E-state index contributed by atoms with van der Waals surface area (Å²) in [6, 6.07) is 6.67. The molecule has 0 aromatic heterocycles. The molecule has 1 saturated heterocycles. The van der Waals surface area contributed by atoms with E-state index in [0.29, 0.717) is 24.7 Å². The normalized spacial score (nSPS) is 16.0. The van der Waals surface area contributed by atoms with Gasteiger partial charge in [-0.3, -0.25) is 9.79 Å². The number of carbonyl (C=O) groups excluding carboxylic acids is 1. The van der Waals surface area contributed by atoms with E-state index >= 15 is 0 Å². The van der Waals surface area contributed by atoms with E-state index in [4.69, 9.17) is 0 Å². The Balaban J connectivity index is 1.73. The molecule has 28 heavy (non-hydrogen) atoms. The summed E-state index contributed by atoms with van der Waals surface area (Å²) >= 11 is 0. The minimum atomic E-state index is -0.160. The van der Waals surface area contributed by atoms with Crippen LogP contribution >= 0.6 is 0 Å². The lowest BCUT2D eigenvalue weighted by atomic mass is 10.0. The van der Waals surface area contributed by atoms with Crippen molar-refractivity contribution in [2.24, 2.45) is 4.99 Å². The smallest absolute Gasteiger partial charge is 0.251 e. The van der Waals surface area contributed by atoms with Crippen LogP contribution in [0.1, 0.15) is 49.9 Å². The summed E-state index contributed by atoms with van der Waals surface area (Å²) in [7, 11) is 0. The number of likely N-dealkylation sites (tertiary alicyclic amines) is 1.